The van der Waals surface area contributed by atoms with Gasteiger partial charge in [-0.2, -0.15) is 13.5 Å². The van der Waals surface area contributed by atoms with Crippen LogP contribution in [0.25, 0.3) is 11.5 Å². The van der Waals surface area contributed by atoms with Crippen LogP contribution in [0.5, 0.6) is 0 Å². The SMILES string of the molecule is O=C(c1cn[nH]c1-c1ccc(S(=O)(=O)Nc2cccc(F)c2)o1)N1CCCCC1. The molecule has 1 aliphatic heterocycles. The smallest absolute Gasteiger partial charge is 0.295 e. The third-order valence-electron chi connectivity index (χ3n) is 4.68. The van der Waals surface area contributed by atoms with Crippen molar-refractivity contribution in [2.75, 3.05) is 17.8 Å². The zero-order valence-electron chi connectivity index (χ0n) is 15.4. The Bertz CT molecular complexity index is 1130. The van der Waals surface area contributed by atoms with Crippen LogP contribution in [-0.2, 0) is 10.0 Å². The average molecular weight is 418 g/mol. The number of nitrogens with one attached hydrogen (secondary N) is 2. The number of furan rings is 1. The summed E-state index contributed by atoms with van der Waals surface area (Å²) in [6.07, 6.45) is 4.41. The lowest BCUT2D eigenvalue weighted by Gasteiger charge is -2.26. The van der Waals surface area contributed by atoms with Gasteiger partial charge in [0.25, 0.3) is 15.9 Å². The molecule has 2 aromatic heterocycles. The van der Waals surface area contributed by atoms with Crippen molar-refractivity contribution in [2.24, 2.45) is 0 Å². The van der Waals surface area contributed by atoms with E-state index in [1.807, 2.05) is 0 Å². The lowest BCUT2D eigenvalue weighted by Crippen LogP contribution is -2.35. The Labute approximate surface area is 166 Å². The summed E-state index contributed by atoms with van der Waals surface area (Å²) in [6.45, 7) is 1.36. The van der Waals surface area contributed by atoms with Crippen molar-refractivity contribution < 1.29 is 22.0 Å². The van der Waals surface area contributed by atoms with Crippen molar-refractivity contribution in [1.29, 1.82) is 0 Å². The molecule has 1 aromatic carbocycles. The Balaban J connectivity index is 1.58. The summed E-state index contributed by atoms with van der Waals surface area (Å²) in [5, 5.41) is 6.27. The summed E-state index contributed by atoms with van der Waals surface area (Å²) in [5.74, 6) is -0.571. The Morgan fingerprint density at radius 3 is 2.72 bits per heavy atom. The van der Waals surface area contributed by atoms with E-state index in [-0.39, 0.29) is 22.4 Å². The molecular weight excluding hydrogens is 399 g/mol. The Morgan fingerprint density at radius 2 is 1.97 bits per heavy atom. The Morgan fingerprint density at radius 1 is 1.17 bits per heavy atom. The van der Waals surface area contributed by atoms with Crippen LogP contribution in [0.3, 0.4) is 0 Å². The van der Waals surface area contributed by atoms with Crippen LogP contribution in [0.4, 0.5) is 10.1 Å². The van der Waals surface area contributed by atoms with Gasteiger partial charge >= 0.3 is 0 Å². The summed E-state index contributed by atoms with van der Waals surface area (Å²) in [6, 6.07) is 7.81. The van der Waals surface area contributed by atoms with Gasteiger partial charge < -0.3 is 9.32 Å². The van der Waals surface area contributed by atoms with Gasteiger partial charge in [0.2, 0.25) is 5.09 Å². The number of aromatic nitrogens is 2. The maximum atomic E-state index is 13.3. The number of anilines is 1. The number of rotatable bonds is 5. The van der Waals surface area contributed by atoms with Gasteiger partial charge in [-0.05, 0) is 49.6 Å². The lowest BCUT2D eigenvalue weighted by atomic mass is 10.1. The Hall–Kier alpha value is -3.14. The number of amides is 1. The van der Waals surface area contributed by atoms with Crippen molar-refractivity contribution in [1.82, 2.24) is 15.1 Å². The molecule has 1 amide bonds. The van der Waals surface area contributed by atoms with Crippen LogP contribution in [-0.4, -0.2) is 42.5 Å². The maximum Gasteiger partial charge on any atom is 0.295 e. The normalized spacial score (nSPS) is 14.7. The molecular formula is C19H19FN4O4S. The van der Waals surface area contributed by atoms with Crippen LogP contribution < -0.4 is 4.72 Å². The number of benzene rings is 1. The first-order valence-corrected chi connectivity index (χ1v) is 10.6. The number of H-pyrrole nitrogens is 1. The molecule has 10 heteroatoms. The van der Waals surface area contributed by atoms with Gasteiger partial charge in [-0.1, -0.05) is 6.07 Å². The molecule has 2 N–H and O–H groups in total. The second-order valence-electron chi connectivity index (χ2n) is 6.75. The van der Waals surface area contributed by atoms with Gasteiger partial charge in [0.1, 0.15) is 11.5 Å². The second kappa shape index (κ2) is 7.70. The largest absolute Gasteiger partial charge is 0.441 e. The minimum Gasteiger partial charge on any atom is -0.441 e. The molecule has 0 saturated carbocycles. The van der Waals surface area contributed by atoms with E-state index in [0.717, 1.165) is 25.3 Å². The third-order valence-corrected chi connectivity index (χ3v) is 5.94. The van der Waals surface area contributed by atoms with Crippen molar-refractivity contribution in [2.45, 2.75) is 24.4 Å². The molecule has 0 atom stereocenters. The molecule has 0 bridgehead atoms. The van der Waals surface area contributed by atoms with Crippen LogP contribution in [0.1, 0.15) is 29.6 Å². The van der Waals surface area contributed by atoms with Gasteiger partial charge in [0.05, 0.1) is 17.4 Å². The molecule has 1 aliphatic rings. The number of carbonyl (C=O) groups is 1. The summed E-state index contributed by atoms with van der Waals surface area (Å²) in [4.78, 5) is 14.5. The van der Waals surface area contributed by atoms with Gasteiger partial charge in [0, 0.05) is 13.1 Å². The van der Waals surface area contributed by atoms with E-state index in [0.29, 0.717) is 24.3 Å². The van der Waals surface area contributed by atoms with Gasteiger partial charge in [-0.15, -0.1) is 0 Å². The fraction of sp³-hybridized carbons (Fsp3) is 0.263. The molecule has 0 radical (unpaired) electrons. The number of sulfonamides is 1. The second-order valence-corrected chi connectivity index (χ2v) is 8.36. The molecule has 1 fully saturated rings. The van der Waals surface area contributed by atoms with Gasteiger partial charge in [0.15, 0.2) is 5.76 Å². The minimum absolute atomic E-state index is 0.0745. The summed E-state index contributed by atoms with van der Waals surface area (Å²) in [7, 11) is -4.07. The molecule has 3 aromatic rings. The molecule has 8 nitrogen and oxygen atoms in total. The predicted octanol–water partition coefficient (Wildman–Crippen LogP) is 3.24. The highest BCUT2D eigenvalue weighted by molar-refractivity contribution is 7.92. The molecule has 0 spiro atoms. The minimum atomic E-state index is -4.07. The first-order valence-electron chi connectivity index (χ1n) is 9.15. The van der Waals surface area contributed by atoms with Crippen LogP contribution in [0.2, 0.25) is 0 Å². The quantitative estimate of drug-likeness (QED) is 0.661. The standard InChI is InChI=1S/C19H19FN4O4S/c20-13-5-4-6-14(11-13)23-29(26,27)17-8-7-16(28-17)18-15(12-21-22-18)19(25)24-9-2-1-3-10-24/h4-8,11-12,23H,1-3,9-10H2,(H,21,22). The maximum absolute atomic E-state index is 13.3. The molecule has 0 aliphatic carbocycles. The summed E-state index contributed by atoms with van der Waals surface area (Å²) in [5.41, 5.74) is 0.710. The van der Waals surface area contributed by atoms with Crippen LogP contribution in [0.15, 0.2) is 52.1 Å². The van der Waals surface area contributed by atoms with E-state index in [9.17, 15) is 17.6 Å². The zero-order valence-corrected chi connectivity index (χ0v) is 16.2. The van der Waals surface area contributed by atoms with E-state index < -0.39 is 15.8 Å². The van der Waals surface area contributed by atoms with E-state index in [1.165, 1.54) is 36.5 Å². The molecule has 1 saturated heterocycles. The van der Waals surface area contributed by atoms with Gasteiger partial charge in [-0.25, -0.2) is 4.39 Å². The topological polar surface area (TPSA) is 108 Å². The third kappa shape index (κ3) is 4.02. The monoisotopic (exact) mass is 418 g/mol. The number of nitrogens with zero attached hydrogens (tertiary/aromatic N) is 2. The predicted molar refractivity (Wildman–Crippen MR) is 103 cm³/mol. The number of piperidine rings is 1. The first kappa shape index (κ1) is 19.2. The number of likely N-dealkylation sites (tertiary alicyclic amines) is 1. The highest BCUT2D eigenvalue weighted by Crippen LogP contribution is 2.28. The van der Waals surface area contributed by atoms with Gasteiger partial charge in [-0.3, -0.25) is 14.6 Å². The first-order chi connectivity index (χ1) is 13.9. The zero-order chi connectivity index (χ0) is 20.4. The summed E-state index contributed by atoms with van der Waals surface area (Å²) < 4.78 is 46.1. The van der Waals surface area contributed by atoms with Crippen molar-refractivity contribution in [3.63, 3.8) is 0 Å². The highest BCUT2D eigenvalue weighted by Gasteiger charge is 2.26. The number of hydrogen-bond donors (Lipinski definition) is 2. The molecule has 152 valence electrons. The van der Waals surface area contributed by atoms with E-state index >= 15 is 0 Å². The Kier molecular flexibility index (Phi) is 5.10. The van der Waals surface area contributed by atoms with E-state index in [2.05, 4.69) is 14.9 Å². The molecule has 0 unspecified atom stereocenters. The fourth-order valence-corrected chi connectivity index (χ4v) is 4.24. The molecule has 29 heavy (non-hydrogen) atoms. The summed E-state index contributed by atoms with van der Waals surface area (Å²) >= 11 is 0. The molecule has 3 heterocycles. The number of carbonyl (C=O) groups excluding carboxylic acids is 1. The number of hydrogen-bond acceptors (Lipinski definition) is 5. The number of halogens is 1. The number of aromatic amines is 1. The van der Waals surface area contributed by atoms with E-state index in [4.69, 9.17) is 4.42 Å². The van der Waals surface area contributed by atoms with E-state index in [1.54, 1.807) is 4.90 Å². The highest BCUT2D eigenvalue weighted by atomic mass is 32.2. The average Bonchev–Trinajstić information content (AvgIpc) is 3.37. The molecule has 4 rings (SSSR count). The lowest BCUT2D eigenvalue weighted by molar-refractivity contribution is 0.0725. The van der Waals surface area contributed by atoms with Crippen LogP contribution >= 0.6 is 0 Å². The van der Waals surface area contributed by atoms with Crippen molar-refractivity contribution in [3.8, 4) is 11.5 Å². The van der Waals surface area contributed by atoms with Crippen molar-refractivity contribution >= 4 is 21.6 Å². The fourth-order valence-electron chi connectivity index (χ4n) is 3.26. The van der Waals surface area contributed by atoms with Crippen molar-refractivity contribution in [3.05, 3.63) is 54.0 Å². The van der Waals surface area contributed by atoms with Crippen LogP contribution in [0, 0.1) is 5.82 Å².